The van der Waals surface area contributed by atoms with Gasteiger partial charge in [-0.2, -0.15) is 5.10 Å². The molecule has 1 unspecified atom stereocenters. The van der Waals surface area contributed by atoms with Gasteiger partial charge >= 0.3 is 5.97 Å². The van der Waals surface area contributed by atoms with Gasteiger partial charge in [0.25, 0.3) is 5.91 Å². The Morgan fingerprint density at radius 1 is 1.11 bits per heavy atom. The second-order valence-corrected chi connectivity index (χ2v) is 12.2. The van der Waals surface area contributed by atoms with Crippen LogP contribution < -0.4 is 4.74 Å². The zero-order valence-corrected chi connectivity index (χ0v) is 27.2. The number of aryl methyl sites for hydroxylation is 1. The number of benzene rings is 1. The first kappa shape index (κ1) is 32.4. The summed E-state index contributed by atoms with van der Waals surface area (Å²) in [6, 6.07) is 12.4. The van der Waals surface area contributed by atoms with Gasteiger partial charge in [0.1, 0.15) is 24.0 Å². The molecule has 1 aromatic carbocycles. The largest absolute Gasteiger partial charge is 0.489 e. The third-order valence-electron chi connectivity index (χ3n) is 9.31. The van der Waals surface area contributed by atoms with Crippen LogP contribution >= 0.6 is 0 Å². The van der Waals surface area contributed by atoms with Crippen molar-refractivity contribution in [1.82, 2.24) is 19.7 Å². The van der Waals surface area contributed by atoms with Crippen LogP contribution in [-0.2, 0) is 16.0 Å². The highest BCUT2D eigenvalue weighted by Gasteiger charge is 2.27. The second-order valence-electron chi connectivity index (χ2n) is 12.2. The number of rotatable bonds is 10. The van der Waals surface area contributed by atoms with Crippen LogP contribution in [0.5, 0.6) is 5.75 Å². The molecule has 2 aliphatic rings. The molecule has 3 heterocycles. The molecule has 1 saturated heterocycles. The van der Waals surface area contributed by atoms with E-state index in [4.69, 9.17) is 14.5 Å². The number of aliphatic hydroxyl groups excluding tert-OH is 1. The highest BCUT2D eigenvalue weighted by atomic mass is 16.5. The molecule has 240 valence electrons. The van der Waals surface area contributed by atoms with E-state index in [0.29, 0.717) is 55.2 Å². The van der Waals surface area contributed by atoms with Crippen molar-refractivity contribution in [2.45, 2.75) is 85.2 Å². The summed E-state index contributed by atoms with van der Waals surface area (Å²) in [7, 11) is 0. The first-order chi connectivity index (χ1) is 21.7. The maximum absolute atomic E-state index is 12.3. The minimum Gasteiger partial charge on any atom is -0.489 e. The van der Waals surface area contributed by atoms with Crippen LogP contribution in [0.2, 0.25) is 0 Å². The summed E-state index contributed by atoms with van der Waals surface area (Å²) in [6.07, 6.45) is 6.43. The molecule has 0 radical (unpaired) electrons. The third kappa shape index (κ3) is 7.14. The summed E-state index contributed by atoms with van der Waals surface area (Å²) in [5.74, 6) is 1.73. The lowest BCUT2D eigenvalue weighted by Crippen LogP contribution is -2.42. The lowest BCUT2D eigenvalue weighted by atomic mass is 9.82. The van der Waals surface area contributed by atoms with E-state index in [0.717, 1.165) is 50.0 Å². The van der Waals surface area contributed by atoms with Crippen molar-refractivity contribution in [3.05, 3.63) is 76.2 Å². The van der Waals surface area contributed by atoms with E-state index in [1.165, 1.54) is 29.2 Å². The maximum atomic E-state index is 12.3. The van der Waals surface area contributed by atoms with Crippen molar-refractivity contribution in [2.24, 2.45) is 5.92 Å². The second kappa shape index (κ2) is 14.4. The van der Waals surface area contributed by atoms with E-state index >= 15 is 0 Å². The van der Waals surface area contributed by atoms with Crippen LogP contribution in [0, 0.1) is 12.8 Å². The minimum atomic E-state index is -0.946. The topological polar surface area (TPSA) is 107 Å². The van der Waals surface area contributed by atoms with E-state index < -0.39 is 6.10 Å². The molecule has 1 N–H and O–H groups in total. The number of amides is 1. The van der Waals surface area contributed by atoms with E-state index in [9.17, 15) is 14.7 Å². The molecule has 0 spiro atoms. The van der Waals surface area contributed by atoms with Gasteiger partial charge in [0.15, 0.2) is 5.82 Å². The fourth-order valence-electron chi connectivity index (χ4n) is 6.71. The summed E-state index contributed by atoms with van der Waals surface area (Å²) in [5.41, 5.74) is 7.16. The van der Waals surface area contributed by atoms with E-state index in [1.54, 1.807) is 22.7 Å². The normalized spacial score (nSPS) is 18.2. The number of ether oxygens (including phenoxy) is 2. The first-order valence-electron chi connectivity index (χ1n) is 16.4. The number of likely N-dealkylation sites (tertiary alicyclic amines) is 1. The number of hydrogen-bond donors (Lipinski definition) is 1. The monoisotopic (exact) mass is 614 g/mol. The molecular weight excluding hydrogens is 568 g/mol. The number of aromatic nitrogens is 3. The Hall–Kier alpha value is -3.98. The molecule has 1 fully saturated rings. The van der Waals surface area contributed by atoms with Crippen LogP contribution in [0.25, 0.3) is 11.4 Å². The van der Waals surface area contributed by atoms with Gasteiger partial charge in [0, 0.05) is 13.1 Å². The van der Waals surface area contributed by atoms with Crippen molar-refractivity contribution in [3.8, 4) is 11.6 Å². The van der Waals surface area contributed by atoms with Gasteiger partial charge < -0.3 is 19.5 Å². The summed E-state index contributed by atoms with van der Waals surface area (Å²) in [4.78, 5) is 31.3. The lowest BCUT2D eigenvalue weighted by molar-refractivity contribution is -0.140. The molecule has 9 heteroatoms. The summed E-state index contributed by atoms with van der Waals surface area (Å²) in [5, 5.41) is 14.1. The van der Waals surface area contributed by atoms with E-state index in [2.05, 4.69) is 37.1 Å². The number of carbonyl (C=O) groups is 2. The lowest BCUT2D eigenvalue weighted by Gasteiger charge is -2.33. The number of esters is 1. The number of aliphatic hydroxyl groups is 1. The Morgan fingerprint density at radius 2 is 1.89 bits per heavy atom. The maximum Gasteiger partial charge on any atom is 0.341 e. The van der Waals surface area contributed by atoms with E-state index in [-0.39, 0.29) is 11.9 Å². The Bertz CT molecular complexity index is 1550. The van der Waals surface area contributed by atoms with Gasteiger partial charge in [-0.15, -0.1) is 0 Å². The molecule has 9 nitrogen and oxygen atoms in total. The zero-order chi connectivity index (χ0) is 32.1. The van der Waals surface area contributed by atoms with Crippen LogP contribution in [0.15, 0.2) is 48.2 Å². The van der Waals surface area contributed by atoms with Gasteiger partial charge in [0.05, 0.1) is 24.2 Å². The average molecular weight is 615 g/mol. The number of pyridine rings is 1. The molecule has 2 aromatic heterocycles. The summed E-state index contributed by atoms with van der Waals surface area (Å²) < 4.78 is 13.4. The number of hydrogen-bond acceptors (Lipinski definition) is 7. The first-order valence-corrected chi connectivity index (χ1v) is 16.4. The fraction of sp³-hybridized carbons (Fsp3) is 0.500. The van der Waals surface area contributed by atoms with Crippen molar-refractivity contribution < 1.29 is 24.2 Å². The predicted molar refractivity (Wildman–Crippen MR) is 174 cm³/mol. The smallest absolute Gasteiger partial charge is 0.341 e. The Labute approximate surface area is 266 Å². The Kier molecular flexibility index (Phi) is 10.4. The van der Waals surface area contributed by atoms with E-state index in [1.807, 2.05) is 25.1 Å². The molecule has 0 bridgehead atoms. The van der Waals surface area contributed by atoms with Crippen molar-refractivity contribution in [1.29, 1.82) is 0 Å². The molecule has 1 aliphatic carbocycles. The fourth-order valence-corrected chi connectivity index (χ4v) is 6.71. The third-order valence-corrected chi connectivity index (χ3v) is 9.31. The molecule has 0 saturated carbocycles. The van der Waals surface area contributed by atoms with Gasteiger partial charge in [0.2, 0.25) is 0 Å². The standard InChI is InChI=1S/C36H46N4O5/c1-6-26-20-28(14-15-29(26)27-16-18-39(19-17-27)35(42)25(5)41)45-22-32-23(3)10-8-11-30(32)33-12-9-13-34(38-33)40-24(4)31(21-37-40)36(43)44-7-2/h9,12-15,20-21,23,25,27,41H,6-8,10-11,16-19,22H2,1-5H3/t23?,25-/m0/s1. The van der Waals surface area contributed by atoms with Crippen molar-refractivity contribution >= 4 is 17.4 Å². The molecular formula is C36H46N4O5. The minimum absolute atomic E-state index is 0.180. The SMILES string of the molecule is CCOC(=O)c1cnn(-c2cccc(C3=C(COc4ccc(C5CCN(C(=O)[C@H](C)O)CC5)c(CC)c4)C(C)CCC3)n2)c1C. The van der Waals surface area contributed by atoms with Crippen LogP contribution in [0.4, 0.5) is 0 Å². The number of allylic oxidation sites excluding steroid dienone is 1. The van der Waals surface area contributed by atoms with Gasteiger partial charge in [-0.25, -0.2) is 14.5 Å². The highest BCUT2D eigenvalue weighted by Crippen LogP contribution is 2.37. The van der Waals surface area contributed by atoms with Crippen molar-refractivity contribution in [2.75, 3.05) is 26.3 Å². The Balaban J connectivity index is 1.33. The zero-order valence-electron chi connectivity index (χ0n) is 27.2. The van der Waals surface area contributed by atoms with Crippen LogP contribution in [0.1, 0.15) is 98.6 Å². The average Bonchev–Trinajstić information content (AvgIpc) is 3.45. The molecule has 2 atom stereocenters. The quantitative estimate of drug-likeness (QED) is 0.277. The molecule has 1 aliphatic heterocycles. The van der Waals surface area contributed by atoms with Gasteiger partial charge in [-0.05, 0) is 118 Å². The molecule has 5 rings (SSSR count). The molecule has 3 aromatic rings. The molecule has 1 amide bonds. The van der Waals surface area contributed by atoms with Gasteiger partial charge in [-0.3, -0.25) is 4.79 Å². The Morgan fingerprint density at radius 3 is 2.60 bits per heavy atom. The van der Waals surface area contributed by atoms with Crippen LogP contribution in [0.3, 0.4) is 0 Å². The summed E-state index contributed by atoms with van der Waals surface area (Å²) in [6.45, 7) is 11.8. The number of nitrogens with zero attached hydrogens (tertiary/aromatic N) is 4. The predicted octanol–water partition coefficient (Wildman–Crippen LogP) is 6.05. The van der Waals surface area contributed by atoms with Crippen molar-refractivity contribution in [3.63, 3.8) is 0 Å². The number of piperidine rings is 1. The van der Waals surface area contributed by atoms with Gasteiger partial charge in [-0.1, -0.05) is 26.0 Å². The number of carbonyl (C=O) groups excluding carboxylic acids is 2. The summed E-state index contributed by atoms with van der Waals surface area (Å²) >= 11 is 0. The highest BCUT2D eigenvalue weighted by molar-refractivity contribution is 5.90. The van der Waals surface area contributed by atoms with Crippen LogP contribution in [-0.4, -0.2) is 69.1 Å². The molecule has 45 heavy (non-hydrogen) atoms.